The minimum atomic E-state index is -0.623. The van der Waals surface area contributed by atoms with Crippen LogP contribution in [0.15, 0.2) is 53.4 Å². The van der Waals surface area contributed by atoms with E-state index in [1.165, 1.54) is 11.8 Å². The molecule has 3 rings (SSSR count). The molecule has 1 N–H and O–H groups in total. The van der Waals surface area contributed by atoms with Crippen molar-refractivity contribution in [1.82, 2.24) is 10.2 Å². The summed E-state index contributed by atoms with van der Waals surface area (Å²) >= 11 is 14.1. The number of carbonyl (C=O) groups excluding carboxylic acids is 2. The number of benzene rings is 2. The Balaban J connectivity index is 1.76. The van der Waals surface area contributed by atoms with Crippen LogP contribution in [0.5, 0.6) is 0 Å². The fraction of sp³-hybridized carbons (Fsp3) is 0.391. The molecular weight excluding hydrogens is 439 g/mol. The number of nitrogens with zero attached hydrogens (tertiary/aromatic N) is 1. The number of nitrogens with one attached hydrogen (secondary N) is 1. The second-order valence-corrected chi connectivity index (χ2v) is 9.35. The molecule has 1 atom stereocenters. The van der Waals surface area contributed by atoms with Gasteiger partial charge in [-0.2, -0.15) is 0 Å². The predicted octanol–water partition coefficient (Wildman–Crippen LogP) is 5.56. The van der Waals surface area contributed by atoms with Crippen LogP contribution in [0.2, 0.25) is 10.0 Å². The van der Waals surface area contributed by atoms with Gasteiger partial charge in [0.1, 0.15) is 6.04 Å². The van der Waals surface area contributed by atoms with Crippen molar-refractivity contribution in [3.05, 3.63) is 64.1 Å². The highest BCUT2D eigenvalue weighted by Crippen LogP contribution is 2.27. The lowest BCUT2D eigenvalue weighted by Gasteiger charge is -2.30. The molecule has 2 aromatic rings. The van der Waals surface area contributed by atoms with Crippen molar-refractivity contribution >= 4 is 46.8 Å². The summed E-state index contributed by atoms with van der Waals surface area (Å²) in [4.78, 5) is 28.6. The lowest BCUT2D eigenvalue weighted by molar-refractivity contribution is -0.138. The topological polar surface area (TPSA) is 49.4 Å². The molecule has 0 saturated heterocycles. The van der Waals surface area contributed by atoms with Crippen LogP contribution in [-0.2, 0) is 16.1 Å². The lowest BCUT2D eigenvalue weighted by Crippen LogP contribution is -2.50. The zero-order valence-corrected chi connectivity index (χ0v) is 19.3. The molecule has 1 aliphatic carbocycles. The fourth-order valence-corrected chi connectivity index (χ4v) is 4.90. The van der Waals surface area contributed by atoms with E-state index < -0.39 is 6.04 Å². The third-order valence-corrected chi connectivity index (χ3v) is 7.07. The Morgan fingerprint density at radius 2 is 1.70 bits per heavy atom. The van der Waals surface area contributed by atoms with Crippen molar-refractivity contribution in [2.75, 3.05) is 5.75 Å². The predicted molar refractivity (Wildman–Crippen MR) is 124 cm³/mol. The van der Waals surface area contributed by atoms with E-state index in [1.807, 2.05) is 30.3 Å². The minimum absolute atomic E-state index is 0.131. The molecule has 0 spiro atoms. The van der Waals surface area contributed by atoms with Gasteiger partial charge >= 0.3 is 0 Å². The highest BCUT2D eigenvalue weighted by atomic mass is 35.5. The Hall–Kier alpha value is -1.69. The molecule has 0 bridgehead atoms. The average molecular weight is 465 g/mol. The maximum absolute atomic E-state index is 13.2. The molecule has 1 fully saturated rings. The van der Waals surface area contributed by atoms with Gasteiger partial charge in [-0.1, -0.05) is 60.3 Å². The molecule has 0 radical (unpaired) electrons. The van der Waals surface area contributed by atoms with Gasteiger partial charge in [-0.05, 0) is 44.0 Å². The SMILES string of the molecule is CC(C(=O)NC1CCCC1)N(Cc1c(Cl)cccc1Cl)C(=O)CSc1ccccc1. The summed E-state index contributed by atoms with van der Waals surface area (Å²) in [6, 6.07) is 14.6. The van der Waals surface area contributed by atoms with E-state index in [-0.39, 0.29) is 30.2 Å². The molecule has 0 aliphatic heterocycles. The maximum atomic E-state index is 13.2. The second kappa shape index (κ2) is 11.1. The number of thioether (sulfide) groups is 1. The molecule has 160 valence electrons. The average Bonchev–Trinajstić information content (AvgIpc) is 3.25. The summed E-state index contributed by atoms with van der Waals surface area (Å²) < 4.78 is 0. The van der Waals surface area contributed by atoms with Crippen LogP contribution in [0.25, 0.3) is 0 Å². The Labute approximate surface area is 192 Å². The maximum Gasteiger partial charge on any atom is 0.242 e. The van der Waals surface area contributed by atoms with Gasteiger partial charge < -0.3 is 10.2 Å². The molecule has 4 nitrogen and oxygen atoms in total. The molecule has 1 aliphatic rings. The number of carbonyl (C=O) groups is 2. The second-order valence-electron chi connectivity index (χ2n) is 7.49. The summed E-state index contributed by atoms with van der Waals surface area (Å²) in [5.74, 6) is -0.0373. The third kappa shape index (κ3) is 6.16. The van der Waals surface area contributed by atoms with Crippen LogP contribution < -0.4 is 5.32 Å². The molecule has 7 heteroatoms. The van der Waals surface area contributed by atoms with E-state index in [0.29, 0.717) is 15.6 Å². The molecular formula is C23H26Cl2N2O2S. The quantitative estimate of drug-likeness (QED) is 0.520. The fourth-order valence-electron chi connectivity index (χ4n) is 3.57. The molecule has 0 aromatic heterocycles. The van der Waals surface area contributed by atoms with E-state index in [1.54, 1.807) is 30.0 Å². The van der Waals surface area contributed by atoms with E-state index >= 15 is 0 Å². The van der Waals surface area contributed by atoms with Gasteiger partial charge in [0.2, 0.25) is 11.8 Å². The summed E-state index contributed by atoms with van der Waals surface area (Å²) in [6.07, 6.45) is 4.25. The van der Waals surface area contributed by atoms with Crippen molar-refractivity contribution in [3.63, 3.8) is 0 Å². The minimum Gasteiger partial charge on any atom is -0.352 e. The summed E-state index contributed by atoms with van der Waals surface area (Å²) in [5, 5.41) is 4.07. The van der Waals surface area contributed by atoms with Gasteiger partial charge in [0, 0.05) is 33.1 Å². The van der Waals surface area contributed by atoms with Crippen molar-refractivity contribution in [1.29, 1.82) is 0 Å². The molecule has 2 amide bonds. The number of amides is 2. The van der Waals surface area contributed by atoms with Gasteiger partial charge in [0.15, 0.2) is 0 Å². The van der Waals surface area contributed by atoms with E-state index in [2.05, 4.69) is 5.32 Å². The van der Waals surface area contributed by atoms with Crippen molar-refractivity contribution in [2.24, 2.45) is 0 Å². The highest BCUT2D eigenvalue weighted by molar-refractivity contribution is 8.00. The number of halogens is 2. The summed E-state index contributed by atoms with van der Waals surface area (Å²) in [7, 11) is 0. The largest absolute Gasteiger partial charge is 0.352 e. The number of hydrogen-bond donors (Lipinski definition) is 1. The monoisotopic (exact) mass is 464 g/mol. The first-order valence-corrected chi connectivity index (χ1v) is 11.9. The Morgan fingerprint density at radius 1 is 1.07 bits per heavy atom. The molecule has 2 aromatic carbocycles. The Bertz CT molecular complexity index is 853. The van der Waals surface area contributed by atoms with E-state index in [9.17, 15) is 9.59 Å². The van der Waals surface area contributed by atoms with Crippen LogP contribution in [-0.4, -0.2) is 34.6 Å². The van der Waals surface area contributed by atoms with Crippen LogP contribution >= 0.6 is 35.0 Å². The standard InChI is InChI=1S/C23H26Cl2N2O2S/c1-16(23(29)26-17-8-5-6-9-17)27(14-19-20(24)12-7-13-21(19)25)22(28)15-30-18-10-3-2-4-11-18/h2-4,7,10-13,16-17H,5-6,8-9,14-15H2,1H3,(H,26,29). The van der Waals surface area contributed by atoms with Gasteiger partial charge in [-0.3, -0.25) is 9.59 Å². The van der Waals surface area contributed by atoms with Crippen LogP contribution in [0.1, 0.15) is 38.2 Å². The van der Waals surface area contributed by atoms with E-state index in [4.69, 9.17) is 23.2 Å². The van der Waals surface area contributed by atoms with Crippen molar-refractivity contribution in [2.45, 2.75) is 56.1 Å². The van der Waals surface area contributed by atoms with Gasteiger partial charge in [-0.25, -0.2) is 0 Å². The first-order valence-electron chi connectivity index (χ1n) is 10.2. The molecule has 0 heterocycles. The van der Waals surface area contributed by atoms with Gasteiger partial charge in [0.05, 0.1) is 5.75 Å². The third-order valence-electron chi connectivity index (χ3n) is 5.36. The molecule has 30 heavy (non-hydrogen) atoms. The molecule has 1 unspecified atom stereocenters. The smallest absolute Gasteiger partial charge is 0.242 e. The normalized spacial score (nSPS) is 15.0. The van der Waals surface area contributed by atoms with Gasteiger partial charge in [0.25, 0.3) is 0 Å². The lowest BCUT2D eigenvalue weighted by atomic mass is 10.1. The zero-order chi connectivity index (χ0) is 21.5. The van der Waals surface area contributed by atoms with Crippen molar-refractivity contribution in [3.8, 4) is 0 Å². The zero-order valence-electron chi connectivity index (χ0n) is 16.9. The first kappa shape index (κ1) is 23.0. The van der Waals surface area contributed by atoms with Gasteiger partial charge in [-0.15, -0.1) is 11.8 Å². The highest BCUT2D eigenvalue weighted by Gasteiger charge is 2.29. The summed E-state index contributed by atoms with van der Waals surface area (Å²) in [5.41, 5.74) is 0.652. The first-order chi connectivity index (χ1) is 14.5. The number of rotatable bonds is 8. The van der Waals surface area contributed by atoms with Crippen LogP contribution in [0.4, 0.5) is 0 Å². The van der Waals surface area contributed by atoms with Crippen molar-refractivity contribution < 1.29 is 9.59 Å². The Kier molecular flexibility index (Phi) is 8.49. The molecule has 1 saturated carbocycles. The Morgan fingerprint density at radius 3 is 2.33 bits per heavy atom. The van der Waals surface area contributed by atoms with E-state index in [0.717, 1.165) is 30.6 Å². The summed E-state index contributed by atoms with van der Waals surface area (Å²) in [6.45, 7) is 1.95. The van der Waals surface area contributed by atoms with Crippen LogP contribution in [0.3, 0.4) is 0 Å². The van der Waals surface area contributed by atoms with Crippen LogP contribution in [0, 0.1) is 0 Å². The number of hydrogen-bond acceptors (Lipinski definition) is 3.